The number of aromatic nitrogens is 1. The van der Waals surface area contributed by atoms with Crippen LogP contribution in [0.5, 0.6) is 11.5 Å². The first kappa shape index (κ1) is 24.8. The number of ketones is 1. The van der Waals surface area contributed by atoms with Gasteiger partial charge in [-0.3, -0.25) is 4.79 Å². The van der Waals surface area contributed by atoms with E-state index in [2.05, 4.69) is 17.6 Å². The highest BCUT2D eigenvalue weighted by Crippen LogP contribution is 2.38. The Morgan fingerprint density at radius 1 is 0.946 bits per heavy atom. The molecule has 4 aromatic rings. The Balaban J connectivity index is 1.56. The number of fused-ring (bicyclic) bond motifs is 3. The molecule has 0 radical (unpaired) electrons. The van der Waals surface area contributed by atoms with Crippen LogP contribution in [0, 0.1) is 5.92 Å². The summed E-state index contributed by atoms with van der Waals surface area (Å²) in [5, 5.41) is 0.720. The molecule has 5 rings (SSSR count). The van der Waals surface area contributed by atoms with Gasteiger partial charge in [-0.2, -0.15) is 0 Å². The molecule has 0 aliphatic heterocycles. The normalized spacial score (nSPS) is 15.0. The van der Waals surface area contributed by atoms with Crippen molar-refractivity contribution >= 4 is 22.7 Å². The second-order valence-corrected chi connectivity index (χ2v) is 9.85. The number of unbranched alkanes of at least 4 members (excludes halogenated alkanes) is 2. The zero-order valence-electron chi connectivity index (χ0n) is 21.5. The van der Waals surface area contributed by atoms with Gasteiger partial charge < -0.3 is 14.0 Å². The third kappa shape index (κ3) is 5.17. The van der Waals surface area contributed by atoms with E-state index in [0.29, 0.717) is 30.0 Å². The highest BCUT2D eigenvalue weighted by molar-refractivity contribution is 6.16. The van der Waals surface area contributed by atoms with Crippen molar-refractivity contribution in [2.75, 3.05) is 7.11 Å². The molecular weight excluding hydrogens is 462 g/mol. The Labute approximate surface area is 218 Å². The number of hydrogen-bond donors (Lipinski definition) is 0. The average Bonchev–Trinajstić information content (AvgIpc) is 3.23. The molecule has 0 amide bonds. The average molecular weight is 496 g/mol. The molecule has 1 heterocycles. The van der Waals surface area contributed by atoms with Gasteiger partial charge in [0.05, 0.1) is 18.2 Å². The van der Waals surface area contributed by atoms with E-state index in [1.807, 2.05) is 60.7 Å². The van der Waals surface area contributed by atoms with Crippen molar-refractivity contribution in [1.29, 1.82) is 0 Å². The summed E-state index contributed by atoms with van der Waals surface area (Å²) in [6, 6.07) is 23.4. The van der Waals surface area contributed by atoms with Gasteiger partial charge in [0.1, 0.15) is 11.5 Å². The summed E-state index contributed by atoms with van der Waals surface area (Å²) in [6.45, 7) is 2.78. The third-order valence-electron chi connectivity index (χ3n) is 7.27. The largest absolute Gasteiger partial charge is 0.465 e. The molecule has 1 aromatic heterocycles. The van der Waals surface area contributed by atoms with Gasteiger partial charge in [0, 0.05) is 29.6 Å². The van der Waals surface area contributed by atoms with Crippen molar-refractivity contribution in [2.45, 2.75) is 52.0 Å². The van der Waals surface area contributed by atoms with Gasteiger partial charge in [-0.25, -0.2) is 4.79 Å². The lowest BCUT2D eigenvalue weighted by molar-refractivity contribution is 0.0603. The second-order valence-electron chi connectivity index (χ2n) is 9.85. The van der Waals surface area contributed by atoms with Crippen LogP contribution in [0.25, 0.3) is 10.9 Å². The van der Waals surface area contributed by atoms with Crippen molar-refractivity contribution in [3.05, 3.63) is 95.2 Å². The third-order valence-corrected chi connectivity index (χ3v) is 7.27. The maximum absolute atomic E-state index is 13.5. The number of rotatable bonds is 9. The maximum Gasteiger partial charge on any atom is 0.338 e. The molecule has 1 unspecified atom stereocenters. The number of carbonyl (C=O) groups excluding carboxylic acids is 2. The van der Waals surface area contributed by atoms with E-state index in [-0.39, 0.29) is 5.78 Å². The molecule has 0 saturated heterocycles. The van der Waals surface area contributed by atoms with Gasteiger partial charge in [-0.15, -0.1) is 0 Å². The quantitative estimate of drug-likeness (QED) is 0.177. The van der Waals surface area contributed by atoms with Crippen LogP contribution in [0.1, 0.15) is 71.0 Å². The van der Waals surface area contributed by atoms with Gasteiger partial charge in [0.25, 0.3) is 0 Å². The Kier molecular flexibility index (Phi) is 7.40. The van der Waals surface area contributed by atoms with Gasteiger partial charge in [0.15, 0.2) is 5.78 Å². The predicted octanol–water partition coefficient (Wildman–Crippen LogP) is 7.59. The zero-order chi connectivity index (χ0) is 25.8. The van der Waals surface area contributed by atoms with Crippen LogP contribution >= 0.6 is 0 Å². The Morgan fingerprint density at radius 2 is 1.73 bits per heavy atom. The molecule has 3 aromatic carbocycles. The summed E-state index contributed by atoms with van der Waals surface area (Å²) in [5.41, 5.74) is 4.13. The fourth-order valence-electron chi connectivity index (χ4n) is 5.54. The number of esters is 1. The lowest BCUT2D eigenvalue weighted by Gasteiger charge is -2.24. The predicted molar refractivity (Wildman–Crippen MR) is 146 cm³/mol. The molecule has 0 saturated carbocycles. The van der Waals surface area contributed by atoms with Crippen molar-refractivity contribution in [3.8, 4) is 11.5 Å². The zero-order valence-corrected chi connectivity index (χ0v) is 21.5. The van der Waals surface area contributed by atoms with Gasteiger partial charge in [0.2, 0.25) is 0 Å². The Bertz CT molecular complexity index is 1420. The first-order chi connectivity index (χ1) is 18.1. The molecule has 0 spiro atoms. The summed E-state index contributed by atoms with van der Waals surface area (Å²) >= 11 is 0. The molecule has 0 N–H and O–H groups in total. The van der Waals surface area contributed by atoms with Gasteiger partial charge in [-0.1, -0.05) is 62.6 Å². The second kappa shape index (κ2) is 11.0. The molecule has 5 heteroatoms. The van der Waals surface area contributed by atoms with Crippen molar-refractivity contribution in [3.63, 3.8) is 0 Å². The van der Waals surface area contributed by atoms with Crippen LogP contribution in [-0.2, 0) is 17.7 Å². The molecular formula is C32H33NO4. The Morgan fingerprint density at radius 3 is 2.51 bits per heavy atom. The van der Waals surface area contributed by atoms with E-state index >= 15 is 0 Å². The summed E-state index contributed by atoms with van der Waals surface area (Å²) in [6.07, 6.45) is 5.89. The SMILES string of the molecule is CCCCCC1CC(=O)c2c(n(Cc3cccc(Oc4ccccc4)c3)c3cccc(C(=O)OC)c23)C1. The molecule has 190 valence electrons. The van der Waals surface area contributed by atoms with Gasteiger partial charge >= 0.3 is 5.97 Å². The minimum Gasteiger partial charge on any atom is -0.465 e. The smallest absolute Gasteiger partial charge is 0.338 e. The van der Waals surface area contributed by atoms with Crippen LogP contribution in [-0.4, -0.2) is 23.4 Å². The number of ether oxygens (including phenoxy) is 2. The molecule has 1 aliphatic carbocycles. The highest BCUT2D eigenvalue weighted by Gasteiger charge is 2.33. The number of methoxy groups -OCH3 is 1. The molecule has 5 nitrogen and oxygen atoms in total. The highest BCUT2D eigenvalue weighted by atomic mass is 16.5. The molecule has 1 atom stereocenters. The first-order valence-corrected chi connectivity index (χ1v) is 13.2. The van der Waals surface area contributed by atoms with E-state index in [4.69, 9.17) is 9.47 Å². The van der Waals surface area contributed by atoms with E-state index in [0.717, 1.165) is 59.3 Å². The standard InChI is InChI=1S/C32H33NO4/c1-3-4-6-11-22-19-28-31(29(34)20-22)30-26(32(35)36-2)16-10-17-27(30)33(28)21-23-12-9-15-25(18-23)37-24-13-7-5-8-14-24/h5,7-10,12-18,22H,3-4,6,11,19-21H2,1-2H3. The fourth-order valence-corrected chi connectivity index (χ4v) is 5.54. The molecule has 0 bridgehead atoms. The Hall–Kier alpha value is -3.86. The van der Waals surface area contributed by atoms with E-state index < -0.39 is 5.97 Å². The van der Waals surface area contributed by atoms with Crippen LogP contribution in [0.15, 0.2) is 72.8 Å². The van der Waals surface area contributed by atoms with Crippen LogP contribution in [0.4, 0.5) is 0 Å². The summed E-state index contributed by atoms with van der Waals surface area (Å²) in [7, 11) is 1.38. The monoisotopic (exact) mass is 495 g/mol. The van der Waals surface area contributed by atoms with Crippen LogP contribution < -0.4 is 4.74 Å². The van der Waals surface area contributed by atoms with E-state index in [9.17, 15) is 9.59 Å². The fraction of sp³-hybridized carbons (Fsp3) is 0.312. The first-order valence-electron chi connectivity index (χ1n) is 13.2. The van der Waals surface area contributed by atoms with E-state index in [1.165, 1.54) is 13.5 Å². The molecule has 37 heavy (non-hydrogen) atoms. The number of benzene rings is 3. The minimum atomic E-state index is -0.415. The van der Waals surface area contributed by atoms with Gasteiger partial charge in [-0.05, 0) is 60.7 Å². The molecule has 1 aliphatic rings. The van der Waals surface area contributed by atoms with Crippen molar-refractivity contribution in [1.82, 2.24) is 4.57 Å². The number of nitrogens with zero attached hydrogens (tertiary/aromatic N) is 1. The number of carbonyl (C=O) groups is 2. The topological polar surface area (TPSA) is 57.5 Å². The van der Waals surface area contributed by atoms with E-state index in [1.54, 1.807) is 6.07 Å². The number of hydrogen-bond acceptors (Lipinski definition) is 4. The van der Waals surface area contributed by atoms with Crippen molar-refractivity contribution in [2.24, 2.45) is 5.92 Å². The lowest BCUT2D eigenvalue weighted by atomic mass is 9.82. The van der Waals surface area contributed by atoms with Crippen LogP contribution in [0.2, 0.25) is 0 Å². The summed E-state index contributed by atoms with van der Waals surface area (Å²) in [4.78, 5) is 26.2. The summed E-state index contributed by atoms with van der Waals surface area (Å²) in [5.74, 6) is 1.58. The number of para-hydroxylation sites is 1. The number of Topliss-reactive ketones (excluding diaryl/α,β-unsaturated/α-hetero) is 1. The molecule has 0 fully saturated rings. The minimum absolute atomic E-state index is 0.129. The lowest BCUT2D eigenvalue weighted by Crippen LogP contribution is -2.22. The van der Waals surface area contributed by atoms with Crippen molar-refractivity contribution < 1.29 is 19.1 Å². The maximum atomic E-state index is 13.5. The van der Waals surface area contributed by atoms with Crippen LogP contribution in [0.3, 0.4) is 0 Å². The summed E-state index contributed by atoms with van der Waals surface area (Å²) < 4.78 is 13.4.